The molecule has 1 aliphatic carbocycles. The van der Waals surface area contributed by atoms with Crippen LogP contribution in [-0.2, 0) is 14.8 Å². The first kappa shape index (κ1) is 13.9. The highest BCUT2D eigenvalue weighted by molar-refractivity contribution is 7.90. The van der Waals surface area contributed by atoms with Crippen LogP contribution in [0.4, 0.5) is 0 Å². The number of carboxylic acid groups (broad SMARTS) is 1. The van der Waals surface area contributed by atoms with Crippen LogP contribution in [0.5, 0.6) is 0 Å². The van der Waals surface area contributed by atoms with Gasteiger partial charge in [-0.2, -0.15) is 5.26 Å². The van der Waals surface area contributed by atoms with E-state index in [1.165, 1.54) is 0 Å². The van der Waals surface area contributed by atoms with Gasteiger partial charge in [0.1, 0.15) is 0 Å². The number of carbonyl (C=O) groups is 1. The number of hydrogen-bond acceptors (Lipinski definition) is 4. The van der Waals surface area contributed by atoms with Crippen molar-refractivity contribution in [2.24, 2.45) is 5.92 Å². The molecule has 3 atom stereocenters. The highest BCUT2D eigenvalue weighted by Gasteiger charge is 2.34. The predicted molar refractivity (Wildman–Crippen MR) is 60.5 cm³/mol. The van der Waals surface area contributed by atoms with Crippen molar-refractivity contribution in [2.45, 2.75) is 43.9 Å². The predicted octanol–water partition coefficient (Wildman–Crippen LogP) is 0.461. The minimum Gasteiger partial charge on any atom is -0.481 e. The first-order chi connectivity index (χ1) is 7.90. The Morgan fingerprint density at radius 1 is 1.59 bits per heavy atom. The molecule has 96 valence electrons. The zero-order valence-electron chi connectivity index (χ0n) is 9.59. The molecule has 0 aromatic heterocycles. The summed E-state index contributed by atoms with van der Waals surface area (Å²) >= 11 is 0. The molecule has 0 bridgehead atoms. The number of nitrogens with one attached hydrogen (secondary N) is 1. The zero-order valence-corrected chi connectivity index (χ0v) is 10.4. The van der Waals surface area contributed by atoms with E-state index in [2.05, 4.69) is 4.72 Å². The van der Waals surface area contributed by atoms with E-state index in [-0.39, 0.29) is 12.5 Å². The Bertz CT molecular complexity index is 426. The second-order valence-corrected chi connectivity index (χ2v) is 6.13. The Kier molecular flexibility index (Phi) is 4.48. The topological polar surface area (TPSA) is 107 Å². The summed E-state index contributed by atoms with van der Waals surface area (Å²) in [4.78, 5) is 10.7. The van der Waals surface area contributed by atoms with Crippen LogP contribution in [0.25, 0.3) is 0 Å². The third-order valence-corrected chi connectivity index (χ3v) is 4.85. The smallest absolute Gasteiger partial charge is 0.306 e. The van der Waals surface area contributed by atoms with Gasteiger partial charge in [0.15, 0.2) is 5.25 Å². The molecule has 0 heterocycles. The average Bonchev–Trinajstić information content (AvgIpc) is 2.66. The monoisotopic (exact) mass is 260 g/mol. The summed E-state index contributed by atoms with van der Waals surface area (Å²) in [6, 6.07) is 1.38. The van der Waals surface area contributed by atoms with Gasteiger partial charge in [0.25, 0.3) is 0 Å². The lowest BCUT2D eigenvalue weighted by Gasteiger charge is -2.15. The van der Waals surface area contributed by atoms with E-state index in [9.17, 15) is 13.2 Å². The van der Waals surface area contributed by atoms with Gasteiger partial charge in [0, 0.05) is 6.04 Å². The fourth-order valence-electron chi connectivity index (χ4n) is 2.01. The number of nitriles is 1. The molecule has 7 heteroatoms. The van der Waals surface area contributed by atoms with Gasteiger partial charge < -0.3 is 5.11 Å². The third kappa shape index (κ3) is 3.41. The lowest BCUT2D eigenvalue weighted by molar-refractivity contribution is -0.141. The molecule has 0 radical (unpaired) electrons. The van der Waals surface area contributed by atoms with Crippen molar-refractivity contribution in [1.82, 2.24) is 4.72 Å². The molecular formula is C10H16N2O4S. The molecule has 0 aromatic rings. The average molecular weight is 260 g/mol. The van der Waals surface area contributed by atoms with Gasteiger partial charge in [-0.25, -0.2) is 13.1 Å². The van der Waals surface area contributed by atoms with Gasteiger partial charge in [-0.3, -0.25) is 4.79 Å². The number of carboxylic acids is 1. The van der Waals surface area contributed by atoms with Gasteiger partial charge in [0.2, 0.25) is 10.0 Å². The number of aliphatic carboxylic acids is 1. The summed E-state index contributed by atoms with van der Waals surface area (Å²) in [5.74, 6) is -1.37. The standard InChI is InChI=1S/C10H16N2O4S/c1-2-9(6-11)17(15,16)12-8-4-3-7(5-8)10(13)14/h7-9,12H,2-5H2,1H3,(H,13,14)/t7-,8+,9?/m1/s1. The Hall–Kier alpha value is -1.13. The number of hydrogen-bond donors (Lipinski definition) is 2. The summed E-state index contributed by atoms with van der Waals surface area (Å²) in [6.07, 6.45) is 1.52. The van der Waals surface area contributed by atoms with Crippen molar-refractivity contribution in [3.05, 3.63) is 0 Å². The van der Waals surface area contributed by atoms with Crippen molar-refractivity contribution in [1.29, 1.82) is 5.26 Å². The minimum atomic E-state index is -3.66. The summed E-state index contributed by atoms with van der Waals surface area (Å²) in [7, 11) is -3.66. The van der Waals surface area contributed by atoms with Crippen molar-refractivity contribution >= 4 is 16.0 Å². The second kappa shape index (κ2) is 5.47. The van der Waals surface area contributed by atoms with E-state index in [0.717, 1.165) is 0 Å². The molecule has 1 saturated carbocycles. The van der Waals surface area contributed by atoms with Gasteiger partial charge in [0.05, 0.1) is 12.0 Å². The molecule has 1 unspecified atom stereocenters. The second-order valence-electron chi connectivity index (χ2n) is 4.23. The number of rotatable bonds is 5. The zero-order chi connectivity index (χ0) is 13.1. The Balaban J connectivity index is 2.62. The van der Waals surface area contributed by atoms with Crippen molar-refractivity contribution in [2.75, 3.05) is 0 Å². The van der Waals surface area contributed by atoms with E-state index in [1.807, 2.05) is 0 Å². The summed E-state index contributed by atoms with van der Waals surface area (Å²) in [6.45, 7) is 1.63. The quantitative estimate of drug-likeness (QED) is 0.746. The van der Waals surface area contributed by atoms with Crippen LogP contribution >= 0.6 is 0 Å². The summed E-state index contributed by atoms with van der Waals surface area (Å²) in [5.41, 5.74) is 0. The molecule has 1 aliphatic rings. The lowest BCUT2D eigenvalue weighted by Crippen LogP contribution is -2.39. The van der Waals surface area contributed by atoms with E-state index in [0.29, 0.717) is 19.3 Å². The first-order valence-corrected chi connectivity index (χ1v) is 7.09. The van der Waals surface area contributed by atoms with Crippen LogP contribution in [0.1, 0.15) is 32.6 Å². The molecule has 0 aromatic carbocycles. The van der Waals surface area contributed by atoms with Crippen molar-refractivity contribution < 1.29 is 18.3 Å². The molecular weight excluding hydrogens is 244 g/mol. The number of nitrogens with zero attached hydrogens (tertiary/aromatic N) is 1. The van der Waals surface area contributed by atoms with Crippen LogP contribution in [0, 0.1) is 17.2 Å². The summed E-state index contributed by atoms with van der Waals surface area (Å²) in [5, 5.41) is 16.5. The Morgan fingerprint density at radius 2 is 2.24 bits per heavy atom. The molecule has 2 N–H and O–H groups in total. The maximum Gasteiger partial charge on any atom is 0.306 e. The SMILES string of the molecule is CCC(C#N)S(=O)(=O)N[C@H]1CC[C@@H](C(=O)O)C1. The molecule has 17 heavy (non-hydrogen) atoms. The molecule has 0 aliphatic heterocycles. The molecule has 1 fully saturated rings. The molecule has 6 nitrogen and oxygen atoms in total. The van der Waals surface area contributed by atoms with Crippen molar-refractivity contribution in [3.63, 3.8) is 0 Å². The van der Waals surface area contributed by atoms with Crippen LogP contribution in [0.15, 0.2) is 0 Å². The van der Waals surface area contributed by atoms with E-state index >= 15 is 0 Å². The van der Waals surface area contributed by atoms with Crippen LogP contribution in [-0.4, -0.2) is 30.8 Å². The maximum absolute atomic E-state index is 11.7. The van der Waals surface area contributed by atoms with Gasteiger partial charge in [-0.05, 0) is 25.7 Å². The maximum atomic E-state index is 11.7. The van der Waals surface area contributed by atoms with E-state index < -0.39 is 27.2 Å². The van der Waals surface area contributed by atoms with Crippen molar-refractivity contribution in [3.8, 4) is 6.07 Å². The normalized spacial score (nSPS) is 26.4. The summed E-state index contributed by atoms with van der Waals surface area (Å²) < 4.78 is 25.9. The highest BCUT2D eigenvalue weighted by atomic mass is 32.2. The van der Waals surface area contributed by atoms with Gasteiger partial charge >= 0.3 is 5.97 Å². The minimum absolute atomic E-state index is 0.223. The largest absolute Gasteiger partial charge is 0.481 e. The fraction of sp³-hybridized carbons (Fsp3) is 0.800. The molecule has 0 saturated heterocycles. The molecule has 0 spiro atoms. The fourth-order valence-corrected chi connectivity index (χ4v) is 3.43. The first-order valence-electron chi connectivity index (χ1n) is 5.54. The third-order valence-electron chi connectivity index (χ3n) is 3.00. The Labute approximate surface area is 101 Å². The van der Waals surface area contributed by atoms with Crippen LogP contribution < -0.4 is 4.72 Å². The van der Waals surface area contributed by atoms with Crippen LogP contribution in [0.2, 0.25) is 0 Å². The van der Waals surface area contributed by atoms with Crippen LogP contribution in [0.3, 0.4) is 0 Å². The van der Waals surface area contributed by atoms with Gasteiger partial charge in [-0.15, -0.1) is 0 Å². The van der Waals surface area contributed by atoms with Gasteiger partial charge in [-0.1, -0.05) is 6.92 Å². The Morgan fingerprint density at radius 3 is 2.65 bits per heavy atom. The van der Waals surface area contributed by atoms with E-state index in [4.69, 9.17) is 10.4 Å². The highest BCUT2D eigenvalue weighted by Crippen LogP contribution is 2.26. The van der Waals surface area contributed by atoms with E-state index in [1.54, 1.807) is 13.0 Å². The number of sulfonamides is 1. The molecule has 0 amide bonds. The molecule has 1 rings (SSSR count). The lowest BCUT2D eigenvalue weighted by atomic mass is 10.1.